The minimum atomic E-state index is -0.198. The maximum absolute atomic E-state index is 13.2. The number of ether oxygens (including phenoxy) is 1. The third-order valence-electron chi connectivity index (χ3n) is 3.05. The van der Waals surface area contributed by atoms with Gasteiger partial charge in [-0.25, -0.2) is 4.39 Å². The van der Waals surface area contributed by atoms with Crippen LogP contribution in [-0.4, -0.2) is 6.61 Å². The Bertz CT molecular complexity index is 528. The average molecular weight is 259 g/mol. The monoisotopic (exact) mass is 259 g/mol. The molecule has 0 spiro atoms. The summed E-state index contributed by atoms with van der Waals surface area (Å²) < 4.78 is 18.8. The molecule has 0 aliphatic carbocycles. The van der Waals surface area contributed by atoms with E-state index in [0.717, 1.165) is 11.3 Å². The van der Waals surface area contributed by atoms with Gasteiger partial charge in [-0.15, -0.1) is 0 Å². The second-order valence-corrected chi connectivity index (χ2v) is 4.57. The number of aryl methyl sites for hydroxylation is 1. The van der Waals surface area contributed by atoms with Gasteiger partial charge in [-0.3, -0.25) is 0 Å². The van der Waals surface area contributed by atoms with Crippen molar-refractivity contribution in [3.05, 3.63) is 65.5 Å². The second kappa shape index (κ2) is 6.34. The molecule has 3 heteroatoms. The smallest absolute Gasteiger partial charge is 0.126 e. The fourth-order valence-electron chi connectivity index (χ4n) is 1.89. The lowest BCUT2D eigenvalue weighted by atomic mass is 10.0. The first kappa shape index (κ1) is 13.6. The minimum absolute atomic E-state index is 0.136. The molecule has 2 nitrogen and oxygen atoms in total. The molecule has 0 aromatic heterocycles. The van der Waals surface area contributed by atoms with Crippen molar-refractivity contribution in [2.75, 3.05) is 6.61 Å². The SMILES string of the molecule is Cc1cc(C(N)CCOc2ccccc2)ccc1F. The molecule has 1 atom stereocenters. The molecule has 0 saturated carbocycles. The van der Waals surface area contributed by atoms with E-state index in [0.29, 0.717) is 18.6 Å². The summed E-state index contributed by atoms with van der Waals surface area (Å²) in [4.78, 5) is 0. The van der Waals surface area contributed by atoms with Gasteiger partial charge in [0.05, 0.1) is 6.61 Å². The zero-order valence-electron chi connectivity index (χ0n) is 11.0. The highest BCUT2D eigenvalue weighted by Crippen LogP contribution is 2.18. The summed E-state index contributed by atoms with van der Waals surface area (Å²) >= 11 is 0. The fraction of sp³-hybridized carbons (Fsp3) is 0.250. The summed E-state index contributed by atoms with van der Waals surface area (Å²) in [5.41, 5.74) is 7.64. The summed E-state index contributed by atoms with van der Waals surface area (Å²) in [6, 6.07) is 14.5. The molecule has 0 radical (unpaired) electrons. The molecule has 2 aromatic rings. The Labute approximate surface area is 113 Å². The summed E-state index contributed by atoms with van der Waals surface area (Å²) in [6.45, 7) is 2.29. The van der Waals surface area contributed by atoms with E-state index >= 15 is 0 Å². The number of rotatable bonds is 5. The van der Waals surface area contributed by atoms with Crippen LogP contribution in [0.25, 0.3) is 0 Å². The van der Waals surface area contributed by atoms with Crippen molar-refractivity contribution in [3.63, 3.8) is 0 Å². The van der Waals surface area contributed by atoms with E-state index < -0.39 is 0 Å². The fourth-order valence-corrected chi connectivity index (χ4v) is 1.89. The molecule has 19 heavy (non-hydrogen) atoms. The van der Waals surface area contributed by atoms with Crippen molar-refractivity contribution in [2.45, 2.75) is 19.4 Å². The van der Waals surface area contributed by atoms with Crippen LogP contribution in [0, 0.1) is 12.7 Å². The largest absolute Gasteiger partial charge is 0.494 e. The van der Waals surface area contributed by atoms with Crippen LogP contribution in [0.5, 0.6) is 5.75 Å². The predicted molar refractivity (Wildman–Crippen MR) is 74.6 cm³/mol. The van der Waals surface area contributed by atoms with Gasteiger partial charge in [-0.2, -0.15) is 0 Å². The summed E-state index contributed by atoms with van der Waals surface area (Å²) in [5.74, 6) is 0.640. The number of benzene rings is 2. The van der Waals surface area contributed by atoms with E-state index in [9.17, 15) is 4.39 Å². The first-order valence-electron chi connectivity index (χ1n) is 6.36. The molecule has 0 aliphatic heterocycles. The van der Waals surface area contributed by atoms with Gasteiger partial charge in [0.1, 0.15) is 11.6 Å². The first-order valence-corrected chi connectivity index (χ1v) is 6.36. The highest BCUT2D eigenvalue weighted by molar-refractivity contribution is 5.26. The van der Waals surface area contributed by atoms with E-state index in [-0.39, 0.29) is 11.9 Å². The Morgan fingerprint density at radius 2 is 1.89 bits per heavy atom. The molecule has 0 bridgehead atoms. The van der Waals surface area contributed by atoms with Crippen LogP contribution >= 0.6 is 0 Å². The van der Waals surface area contributed by atoms with Gasteiger partial charge in [0.15, 0.2) is 0 Å². The standard InChI is InChI=1S/C16H18FNO/c1-12-11-13(7-8-15(12)17)16(18)9-10-19-14-5-3-2-4-6-14/h2-8,11,16H,9-10,18H2,1H3. The van der Waals surface area contributed by atoms with E-state index in [1.807, 2.05) is 30.3 Å². The maximum Gasteiger partial charge on any atom is 0.126 e. The van der Waals surface area contributed by atoms with Crippen LogP contribution in [0.4, 0.5) is 4.39 Å². The molecule has 0 aliphatic rings. The molecular formula is C16H18FNO. The van der Waals surface area contributed by atoms with Crippen molar-refractivity contribution in [1.82, 2.24) is 0 Å². The lowest BCUT2D eigenvalue weighted by Crippen LogP contribution is -2.14. The third-order valence-corrected chi connectivity index (χ3v) is 3.05. The highest BCUT2D eigenvalue weighted by Gasteiger charge is 2.08. The summed E-state index contributed by atoms with van der Waals surface area (Å²) in [7, 11) is 0. The molecule has 0 saturated heterocycles. The number of nitrogens with two attached hydrogens (primary N) is 1. The van der Waals surface area contributed by atoms with Gasteiger partial charge >= 0.3 is 0 Å². The van der Waals surface area contributed by atoms with E-state index in [2.05, 4.69) is 0 Å². The van der Waals surface area contributed by atoms with Crippen LogP contribution < -0.4 is 10.5 Å². The first-order chi connectivity index (χ1) is 9.16. The molecule has 1 unspecified atom stereocenters. The van der Waals surface area contributed by atoms with E-state index in [1.165, 1.54) is 6.07 Å². The van der Waals surface area contributed by atoms with Crippen LogP contribution in [0.2, 0.25) is 0 Å². The Morgan fingerprint density at radius 3 is 2.58 bits per heavy atom. The van der Waals surface area contributed by atoms with Crippen molar-refractivity contribution >= 4 is 0 Å². The topological polar surface area (TPSA) is 35.2 Å². The average Bonchev–Trinajstić information content (AvgIpc) is 2.43. The van der Waals surface area contributed by atoms with Gasteiger partial charge in [-0.1, -0.05) is 30.3 Å². The predicted octanol–water partition coefficient (Wildman–Crippen LogP) is 3.60. The van der Waals surface area contributed by atoms with Crippen LogP contribution in [0.1, 0.15) is 23.6 Å². The molecule has 0 fully saturated rings. The number of para-hydroxylation sites is 1. The molecule has 2 N–H and O–H groups in total. The molecule has 100 valence electrons. The molecule has 2 rings (SSSR count). The van der Waals surface area contributed by atoms with Gasteiger partial charge in [0.2, 0.25) is 0 Å². The lowest BCUT2D eigenvalue weighted by Gasteiger charge is -2.13. The van der Waals surface area contributed by atoms with Crippen molar-refractivity contribution in [3.8, 4) is 5.75 Å². The number of hydrogen-bond donors (Lipinski definition) is 1. The Hall–Kier alpha value is -1.87. The lowest BCUT2D eigenvalue weighted by molar-refractivity contribution is 0.298. The van der Waals surface area contributed by atoms with Crippen molar-refractivity contribution < 1.29 is 9.13 Å². The molecule has 0 heterocycles. The van der Waals surface area contributed by atoms with Crippen molar-refractivity contribution in [2.24, 2.45) is 5.73 Å². The molecule has 0 amide bonds. The molecular weight excluding hydrogens is 241 g/mol. The van der Waals surface area contributed by atoms with Gasteiger partial charge in [-0.05, 0) is 36.2 Å². The van der Waals surface area contributed by atoms with Crippen LogP contribution in [-0.2, 0) is 0 Å². The van der Waals surface area contributed by atoms with Gasteiger partial charge in [0.25, 0.3) is 0 Å². The molecule has 2 aromatic carbocycles. The van der Waals surface area contributed by atoms with Crippen LogP contribution in [0.15, 0.2) is 48.5 Å². The van der Waals surface area contributed by atoms with Gasteiger partial charge < -0.3 is 10.5 Å². The zero-order chi connectivity index (χ0) is 13.7. The Morgan fingerprint density at radius 1 is 1.16 bits per heavy atom. The van der Waals surface area contributed by atoms with E-state index in [4.69, 9.17) is 10.5 Å². The van der Waals surface area contributed by atoms with Crippen LogP contribution in [0.3, 0.4) is 0 Å². The van der Waals surface area contributed by atoms with E-state index in [1.54, 1.807) is 19.1 Å². The summed E-state index contributed by atoms with van der Waals surface area (Å²) in [5, 5.41) is 0. The number of hydrogen-bond acceptors (Lipinski definition) is 2. The Balaban J connectivity index is 1.87. The third kappa shape index (κ3) is 3.80. The zero-order valence-corrected chi connectivity index (χ0v) is 11.0. The normalized spacial score (nSPS) is 12.2. The minimum Gasteiger partial charge on any atom is -0.494 e. The summed E-state index contributed by atoms with van der Waals surface area (Å²) in [6.07, 6.45) is 0.694. The highest BCUT2D eigenvalue weighted by atomic mass is 19.1. The second-order valence-electron chi connectivity index (χ2n) is 4.57. The van der Waals surface area contributed by atoms with Crippen molar-refractivity contribution in [1.29, 1.82) is 0 Å². The van der Waals surface area contributed by atoms with Gasteiger partial charge in [0, 0.05) is 12.5 Å². The quantitative estimate of drug-likeness (QED) is 0.890. The number of halogens is 1. The Kier molecular flexibility index (Phi) is 4.53. The maximum atomic E-state index is 13.2.